The summed E-state index contributed by atoms with van der Waals surface area (Å²) in [5, 5.41) is 2.86. The Morgan fingerprint density at radius 2 is 2.13 bits per heavy atom. The summed E-state index contributed by atoms with van der Waals surface area (Å²) in [6.45, 7) is 7.27. The molecule has 0 radical (unpaired) electrons. The Morgan fingerprint density at radius 3 is 2.67 bits per heavy atom. The lowest BCUT2D eigenvalue weighted by Gasteiger charge is -2.19. The van der Waals surface area contributed by atoms with Crippen molar-refractivity contribution in [2.24, 2.45) is 0 Å². The molecule has 2 amide bonds. The van der Waals surface area contributed by atoms with Crippen LogP contribution in [0, 0.1) is 6.92 Å². The lowest BCUT2D eigenvalue weighted by molar-refractivity contribution is 0.217. The largest absolute Gasteiger partial charge is 0.325 e. The van der Waals surface area contributed by atoms with Gasteiger partial charge < -0.3 is 10.2 Å². The molecule has 0 atom stereocenters. The predicted molar refractivity (Wildman–Crippen MR) is 60.9 cm³/mol. The third kappa shape index (κ3) is 2.94. The number of nitrogens with one attached hydrogen (secondary N) is 1. The third-order valence-electron chi connectivity index (χ3n) is 2.31. The molecule has 0 aliphatic rings. The van der Waals surface area contributed by atoms with E-state index < -0.39 is 0 Å². The standard InChI is InChI=1S/C11H17N3O/c1-4-14(5-2)11(15)13-10-6-7-12-8-9(10)3/h6-8H,4-5H2,1-3H3,(H,12,13,15). The van der Waals surface area contributed by atoms with Crippen LogP contribution in [0.4, 0.5) is 10.5 Å². The van der Waals surface area contributed by atoms with Crippen LogP contribution in [-0.2, 0) is 0 Å². The molecule has 0 aliphatic carbocycles. The van der Waals surface area contributed by atoms with Crippen molar-refractivity contribution in [2.75, 3.05) is 18.4 Å². The topological polar surface area (TPSA) is 45.2 Å². The number of carbonyl (C=O) groups excluding carboxylic acids is 1. The monoisotopic (exact) mass is 207 g/mol. The van der Waals surface area contributed by atoms with E-state index in [1.807, 2.05) is 20.8 Å². The molecule has 0 unspecified atom stereocenters. The minimum Gasteiger partial charge on any atom is -0.325 e. The van der Waals surface area contributed by atoms with Crippen LogP contribution in [0.1, 0.15) is 19.4 Å². The number of nitrogens with zero attached hydrogens (tertiary/aromatic N) is 2. The van der Waals surface area contributed by atoms with Crippen molar-refractivity contribution in [3.8, 4) is 0 Å². The van der Waals surface area contributed by atoms with Gasteiger partial charge in [-0.15, -0.1) is 0 Å². The van der Waals surface area contributed by atoms with Crippen LogP contribution in [0.2, 0.25) is 0 Å². The molecule has 0 fully saturated rings. The zero-order valence-corrected chi connectivity index (χ0v) is 9.45. The van der Waals surface area contributed by atoms with Crippen LogP contribution in [-0.4, -0.2) is 29.0 Å². The maximum atomic E-state index is 11.7. The van der Waals surface area contributed by atoms with Crippen molar-refractivity contribution < 1.29 is 4.79 Å². The second-order valence-corrected chi connectivity index (χ2v) is 3.29. The number of anilines is 1. The average Bonchev–Trinajstić information content (AvgIpc) is 2.23. The summed E-state index contributed by atoms with van der Waals surface area (Å²) in [7, 11) is 0. The highest BCUT2D eigenvalue weighted by atomic mass is 16.2. The Bertz CT molecular complexity index is 334. The van der Waals surface area contributed by atoms with E-state index in [0.717, 1.165) is 11.3 Å². The van der Waals surface area contributed by atoms with E-state index in [1.54, 1.807) is 23.4 Å². The van der Waals surface area contributed by atoms with Crippen molar-refractivity contribution in [1.82, 2.24) is 9.88 Å². The minimum absolute atomic E-state index is 0.0608. The van der Waals surface area contributed by atoms with Crippen molar-refractivity contribution in [2.45, 2.75) is 20.8 Å². The van der Waals surface area contributed by atoms with Gasteiger partial charge in [0.05, 0.1) is 0 Å². The van der Waals surface area contributed by atoms with Crippen LogP contribution in [0.5, 0.6) is 0 Å². The fourth-order valence-electron chi connectivity index (χ4n) is 1.32. The van der Waals surface area contributed by atoms with Gasteiger partial charge >= 0.3 is 6.03 Å². The fraction of sp³-hybridized carbons (Fsp3) is 0.455. The number of aromatic nitrogens is 1. The summed E-state index contributed by atoms with van der Waals surface area (Å²) in [4.78, 5) is 17.4. The van der Waals surface area contributed by atoms with Crippen molar-refractivity contribution >= 4 is 11.7 Å². The number of pyridine rings is 1. The second-order valence-electron chi connectivity index (χ2n) is 3.29. The Kier molecular flexibility index (Phi) is 4.09. The number of aryl methyl sites for hydroxylation is 1. The van der Waals surface area contributed by atoms with Crippen molar-refractivity contribution in [1.29, 1.82) is 0 Å². The highest BCUT2D eigenvalue weighted by Crippen LogP contribution is 2.12. The molecule has 0 spiro atoms. The predicted octanol–water partition coefficient (Wildman–Crippen LogP) is 2.26. The third-order valence-corrected chi connectivity index (χ3v) is 2.31. The first kappa shape index (κ1) is 11.5. The molecule has 1 N–H and O–H groups in total. The van der Waals surface area contributed by atoms with Gasteiger partial charge in [0, 0.05) is 31.2 Å². The molecule has 1 aromatic rings. The SMILES string of the molecule is CCN(CC)C(=O)Nc1ccncc1C. The Morgan fingerprint density at radius 1 is 1.47 bits per heavy atom. The number of rotatable bonds is 3. The Labute approximate surface area is 90.3 Å². The highest BCUT2D eigenvalue weighted by molar-refractivity contribution is 5.89. The van der Waals surface area contributed by atoms with Crippen LogP contribution < -0.4 is 5.32 Å². The zero-order chi connectivity index (χ0) is 11.3. The van der Waals surface area contributed by atoms with E-state index in [1.165, 1.54) is 0 Å². The number of carbonyl (C=O) groups is 1. The lowest BCUT2D eigenvalue weighted by atomic mass is 10.2. The number of urea groups is 1. The summed E-state index contributed by atoms with van der Waals surface area (Å²) in [6.07, 6.45) is 3.41. The maximum Gasteiger partial charge on any atom is 0.321 e. The molecule has 4 nitrogen and oxygen atoms in total. The van der Waals surface area contributed by atoms with Gasteiger partial charge in [0.15, 0.2) is 0 Å². The highest BCUT2D eigenvalue weighted by Gasteiger charge is 2.09. The van der Waals surface area contributed by atoms with E-state index in [0.29, 0.717) is 13.1 Å². The second kappa shape index (κ2) is 5.34. The summed E-state index contributed by atoms with van der Waals surface area (Å²) in [5.74, 6) is 0. The first-order valence-electron chi connectivity index (χ1n) is 5.15. The summed E-state index contributed by atoms with van der Waals surface area (Å²) in [6, 6.07) is 1.74. The van der Waals surface area contributed by atoms with E-state index >= 15 is 0 Å². The van der Waals surface area contributed by atoms with Gasteiger partial charge in [-0.05, 0) is 32.4 Å². The van der Waals surface area contributed by atoms with Gasteiger partial charge in [0.1, 0.15) is 0 Å². The molecule has 0 bridgehead atoms. The summed E-state index contributed by atoms with van der Waals surface area (Å²) < 4.78 is 0. The molecule has 0 saturated carbocycles. The molecule has 0 aromatic carbocycles. The molecule has 1 heterocycles. The maximum absolute atomic E-state index is 11.7. The molecule has 0 saturated heterocycles. The minimum atomic E-state index is -0.0608. The zero-order valence-electron chi connectivity index (χ0n) is 9.45. The molecule has 0 aliphatic heterocycles. The molecule has 1 aromatic heterocycles. The van der Waals surface area contributed by atoms with E-state index in [4.69, 9.17) is 0 Å². The molecule has 82 valence electrons. The van der Waals surface area contributed by atoms with E-state index in [2.05, 4.69) is 10.3 Å². The number of hydrogen-bond donors (Lipinski definition) is 1. The molecule has 4 heteroatoms. The normalized spacial score (nSPS) is 9.80. The molecule has 15 heavy (non-hydrogen) atoms. The van der Waals surface area contributed by atoms with Crippen molar-refractivity contribution in [3.63, 3.8) is 0 Å². The summed E-state index contributed by atoms with van der Waals surface area (Å²) in [5.41, 5.74) is 1.79. The Balaban J connectivity index is 2.70. The number of hydrogen-bond acceptors (Lipinski definition) is 2. The van der Waals surface area contributed by atoms with Gasteiger partial charge in [0.2, 0.25) is 0 Å². The van der Waals surface area contributed by atoms with Gasteiger partial charge in [-0.3, -0.25) is 4.98 Å². The van der Waals surface area contributed by atoms with Crippen LogP contribution in [0.15, 0.2) is 18.5 Å². The van der Waals surface area contributed by atoms with Crippen molar-refractivity contribution in [3.05, 3.63) is 24.0 Å². The van der Waals surface area contributed by atoms with E-state index in [9.17, 15) is 4.79 Å². The number of amides is 2. The van der Waals surface area contributed by atoms with Crippen LogP contribution in [0.25, 0.3) is 0 Å². The molecular formula is C11H17N3O. The smallest absolute Gasteiger partial charge is 0.321 e. The fourth-order valence-corrected chi connectivity index (χ4v) is 1.32. The lowest BCUT2D eigenvalue weighted by Crippen LogP contribution is -2.34. The average molecular weight is 207 g/mol. The molecular weight excluding hydrogens is 190 g/mol. The quantitative estimate of drug-likeness (QED) is 0.826. The van der Waals surface area contributed by atoms with Gasteiger partial charge in [0.25, 0.3) is 0 Å². The Hall–Kier alpha value is -1.58. The van der Waals surface area contributed by atoms with Gasteiger partial charge in [-0.25, -0.2) is 4.79 Å². The first-order chi connectivity index (χ1) is 7.19. The van der Waals surface area contributed by atoms with Gasteiger partial charge in [-0.1, -0.05) is 0 Å². The first-order valence-corrected chi connectivity index (χ1v) is 5.15. The van der Waals surface area contributed by atoms with Crippen LogP contribution in [0.3, 0.4) is 0 Å². The van der Waals surface area contributed by atoms with E-state index in [-0.39, 0.29) is 6.03 Å². The van der Waals surface area contributed by atoms with Crippen LogP contribution >= 0.6 is 0 Å². The molecule has 1 rings (SSSR count). The summed E-state index contributed by atoms with van der Waals surface area (Å²) >= 11 is 0. The van der Waals surface area contributed by atoms with Gasteiger partial charge in [-0.2, -0.15) is 0 Å².